The molecule has 0 aliphatic heterocycles. The molecule has 3 nitrogen and oxygen atoms in total. The first-order valence-corrected chi connectivity index (χ1v) is 10.5. The lowest BCUT2D eigenvalue weighted by molar-refractivity contribution is 0.103. The van der Waals surface area contributed by atoms with E-state index in [-0.39, 0.29) is 11.3 Å². The number of rotatable bonds is 6. The van der Waals surface area contributed by atoms with Gasteiger partial charge in [0, 0.05) is 28.3 Å². The molecule has 1 N–H and O–H groups in total. The summed E-state index contributed by atoms with van der Waals surface area (Å²) in [6, 6.07) is 9.60. The van der Waals surface area contributed by atoms with Gasteiger partial charge in [-0.2, -0.15) is 0 Å². The Bertz CT molecular complexity index is 822. The van der Waals surface area contributed by atoms with E-state index in [0.29, 0.717) is 12.5 Å². The highest BCUT2D eigenvalue weighted by Gasteiger charge is 2.35. The Hall–Kier alpha value is -2.29. The Labute approximate surface area is 169 Å². The van der Waals surface area contributed by atoms with Crippen molar-refractivity contribution >= 4 is 5.78 Å². The quantitative estimate of drug-likeness (QED) is 0.490. The Morgan fingerprint density at radius 3 is 2.54 bits per heavy atom. The lowest BCUT2D eigenvalue weighted by Crippen LogP contribution is -2.35. The number of benzene rings is 1. The van der Waals surface area contributed by atoms with Crippen LogP contribution in [0.1, 0.15) is 70.7 Å². The summed E-state index contributed by atoms with van der Waals surface area (Å²) in [4.78, 5) is 13.6. The molecule has 1 fully saturated rings. The van der Waals surface area contributed by atoms with Crippen LogP contribution >= 0.6 is 0 Å². The van der Waals surface area contributed by atoms with Gasteiger partial charge < -0.3 is 10.1 Å². The molecule has 0 aromatic heterocycles. The van der Waals surface area contributed by atoms with Crippen LogP contribution in [0.4, 0.5) is 0 Å². The van der Waals surface area contributed by atoms with E-state index in [1.807, 2.05) is 44.2 Å². The van der Waals surface area contributed by atoms with E-state index >= 15 is 0 Å². The Kier molecular flexibility index (Phi) is 6.12. The van der Waals surface area contributed by atoms with Gasteiger partial charge in [0.1, 0.15) is 5.76 Å². The summed E-state index contributed by atoms with van der Waals surface area (Å²) >= 11 is 0. The summed E-state index contributed by atoms with van der Waals surface area (Å²) in [6.45, 7) is 11.1. The van der Waals surface area contributed by atoms with Gasteiger partial charge in [0.15, 0.2) is 5.78 Å². The summed E-state index contributed by atoms with van der Waals surface area (Å²) in [6.07, 6.45) is 6.70. The minimum atomic E-state index is -0.117. The van der Waals surface area contributed by atoms with Crippen molar-refractivity contribution < 1.29 is 9.53 Å². The van der Waals surface area contributed by atoms with Crippen LogP contribution < -0.4 is 5.32 Å². The molecule has 0 heterocycles. The lowest BCUT2D eigenvalue weighted by Gasteiger charge is -2.27. The number of ether oxygens (including phenoxy) is 1. The highest BCUT2D eigenvalue weighted by Crippen LogP contribution is 2.45. The number of allylic oxidation sites excluding steroid dienone is 5. The summed E-state index contributed by atoms with van der Waals surface area (Å²) in [5.41, 5.74) is 4.79. The molecule has 1 saturated carbocycles. The predicted molar refractivity (Wildman–Crippen MR) is 115 cm³/mol. The topological polar surface area (TPSA) is 38.3 Å². The van der Waals surface area contributed by atoms with Crippen molar-refractivity contribution in [2.75, 3.05) is 6.61 Å². The third-order valence-electron chi connectivity index (χ3n) is 5.37. The smallest absolute Gasteiger partial charge is 0.195 e. The molecule has 150 valence electrons. The monoisotopic (exact) mass is 379 g/mol. The van der Waals surface area contributed by atoms with Gasteiger partial charge in [0.05, 0.1) is 6.61 Å². The van der Waals surface area contributed by atoms with Crippen LogP contribution in [0.2, 0.25) is 0 Å². The maximum atomic E-state index is 13.6. The SMILES string of the molecule is CCOC1=CC(/C(C(=O)c2ccccc2)=C(\C)NC(C)(C)C)=C2CCCCC12. The van der Waals surface area contributed by atoms with Crippen LogP contribution in [0.15, 0.2) is 64.6 Å². The molecule has 0 spiro atoms. The summed E-state index contributed by atoms with van der Waals surface area (Å²) in [7, 11) is 0. The lowest BCUT2D eigenvalue weighted by atomic mass is 9.82. The van der Waals surface area contributed by atoms with Crippen LogP contribution in [-0.4, -0.2) is 17.9 Å². The number of carbonyl (C=O) groups is 1. The molecule has 0 saturated heterocycles. The molecule has 3 rings (SSSR count). The fraction of sp³-hybridized carbons (Fsp3) is 0.480. The minimum Gasteiger partial charge on any atom is -0.498 e. The molecule has 1 unspecified atom stereocenters. The predicted octanol–water partition coefficient (Wildman–Crippen LogP) is 5.95. The van der Waals surface area contributed by atoms with Gasteiger partial charge >= 0.3 is 0 Å². The summed E-state index contributed by atoms with van der Waals surface area (Å²) in [5.74, 6) is 1.45. The third kappa shape index (κ3) is 4.40. The fourth-order valence-corrected chi connectivity index (χ4v) is 4.38. The largest absolute Gasteiger partial charge is 0.498 e. The van der Waals surface area contributed by atoms with Gasteiger partial charge in [-0.25, -0.2) is 0 Å². The highest BCUT2D eigenvalue weighted by atomic mass is 16.5. The molecule has 3 heteroatoms. The fourth-order valence-electron chi connectivity index (χ4n) is 4.38. The van der Waals surface area contributed by atoms with Gasteiger partial charge in [0.2, 0.25) is 0 Å². The second-order valence-electron chi connectivity index (χ2n) is 8.79. The zero-order valence-electron chi connectivity index (χ0n) is 17.9. The van der Waals surface area contributed by atoms with E-state index in [4.69, 9.17) is 4.74 Å². The van der Waals surface area contributed by atoms with Crippen LogP contribution in [-0.2, 0) is 4.74 Å². The van der Waals surface area contributed by atoms with Crippen molar-refractivity contribution in [3.63, 3.8) is 0 Å². The van der Waals surface area contributed by atoms with E-state index < -0.39 is 0 Å². The molecule has 1 atom stereocenters. The average Bonchev–Trinajstić information content (AvgIpc) is 3.00. The summed E-state index contributed by atoms with van der Waals surface area (Å²) in [5, 5.41) is 3.54. The first-order valence-electron chi connectivity index (χ1n) is 10.5. The van der Waals surface area contributed by atoms with Crippen molar-refractivity contribution in [2.45, 2.75) is 65.8 Å². The third-order valence-corrected chi connectivity index (χ3v) is 5.37. The number of carbonyl (C=O) groups excluding carboxylic acids is 1. The normalized spacial score (nSPS) is 20.3. The van der Waals surface area contributed by atoms with Gasteiger partial charge in [-0.3, -0.25) is 4.79 Å². The Morgan fingerprint density at radius 1 is 1.18 bits per heavy atom. The first-order chi connectivity index (χ1) is 13.3. The number of hydrogen-bond donors (Lipinski definition) is 1. The molecule has 2 aliphatic carbocycles. The van der Waals surface area contributed by atoms with Crippen LogP contribution in [0.25, 0.3) is 0 Å². The van der Waals surface area contributed by atoms with Crippen LogP contribution in [0.3, 0.4) is 0 Å². The maximum absolute atomic E-state index is 13.6. The first kappa shape index (κ1) is 20.4. The van der Waals surface area contributed by atoms with Crippen LogP contribution in [0, 0.1) is 5.92 Å². The molecule has 1 aromatic carbocycles. The number of Topliss-reactive ketones (excluding diaryl/α,β-unsaturated/α-hetero) is 1. The number of hydrogen-bond acceptors (Lipinski definition) is 3. The van der Waals surface area contributed by atoms with Crippen LogP contribution in [0.5, 0.6) is 0 Å². The van der Waals surface area contributed by atoms with Gasteiger partial charge in [0.25, 0.3) is 0 Å². The highest BCUT2D eigenvalue weighted by molar-refractivity contribution is 6.12. The zero-order valence-corrected chi connectivity index (χ0v) is 17.9. The molecule has 0 bridgehead atoms. The molecular formula is C25H33NO2. The van der Waals surface area contributed by atoms with Crippen molar-refractivity contribution in [1.29, 1.82) is 0 Å². The van der Waals surface area contributed by atoms with Crippen molar-refractivity contribution in [1.82, 2.24) is 5.32 Å². The van der Waals surface area contributed by atoms with E-state index in [1.54, 1.807) is 0 Å². The second-order valence-corrected chi connectivity index (χ2v) is 8.79. The van der Waals surface area contributed by atoms with E-state index in [2.05, 4.69) is 32.2 Å². The maximum Gasteiger partial charge on any atom is 0.195 e. The van der Waals surface area contributed by atoms with Crippen molar-refractivity contribution in [2.24, 2.45) is 5.92 Å². The van der Waals surface area contributed by atoms with Crippen molar-refractivity contribution in [3.8, 4) is 0 Å². The Morgan fingerprint density at radius 2 is 1.89 bits per heavy atom. The summed E-state index contributed by atoms with van der Waals surface area (Å²) < 4.78 is 5.98. The van der Waals surface area contributed by atoms with Crippen molar-refractivity contribution in [3.05, 3.63) is 70.1 Å². The van der Waals surface area contributed by atoms with Gasteiger partial charge in [-0.1, -0.05) is 42.3 Å². The van der Waals surface area contributed by atoms with E-state index in [9.17, 15) is 4.79 Å². The van der Waals surface area contributed by atoms with E-state index in [0.717, 1.165) is 41.0 Å². The molecule has 28 heavy (non-hydrogen) atoms. The molecule has 2 aliphatic rings. The number of ketones is 1. The number of fused-ring (bicyclic) bond motifs is 1. The molecule has 1 aromatic rings. The Balaban J connectivity index is 2.13. The molecule has 0 radical (unpaired) electrons. The second kappa shape index (κ2) is 8.38. The van der Waals surface area contributed by atoms with Gasteiger partial charge in [-0.15, -0.1) is 0 Å². The van der Waals surface area contributed by atoms with E-state index in [1.165, 1.54) is 18.4 Å². The zero-order chi connectivity index (χ0) is 20.3. The molecule has 0 amide bonds. The van der Waals surface area contributed by atoms with Gasteiger partial charge in [-0.05, 0) is 65.5 Å². The molecular weight excluding hydrogens is 346 g/mol. The number of nitrogens with one attached hydrogen (secondary N) is 1. The standard InChI is InChI=1S/C25H33NO2/c1-6-28-22-16-21(19-14-10-11-15-20(19)22)23(17(2)26-25(3,4)5)24(27)18-12-8-7-9-13-18/h7-9,12-13,16,20,26H,6,10-11,14-15H2,1-5H3/b23-17-. The average molecular weight is 380 g/mol. The minimum absolute atomic E-state index is 0.0793.